The molecular weight excluding hydrogens is 325 g/mol. The first-order chi connectivity index (χ1) is 11.5. The van der Waals surface area contributed by atoms with Gasteiger partial charge in [-0.1, -0.05) is 36.4 Å². The van der Waals surface area contributed by atoms with Crippen LogP contribution in [-0.2, 0) is 15.3 Å². The molecular formula is C19H20FNO2S. The number of hydrogen-bond acceptors (Lipinski definition) is 3. The highest BCUT2D eigenvalue weighted by molar-refractivity contribution is 7.91. The van der Waals surface area contributed by atoms with Crippen LogP contribution < -0.4 is 5.32 Å². The Morgan fingerprint density at radius 1 is 1.08 bits per heavy atom. The average Bonchev–Trinajstić information content (AvgIpc) is 3.36. The van der Waals surface area contributed by atoms with Crippen LogP contribution in [0.4, 0.5) is 4.39 Å². The highest BCUT2D eigenvalue weighted by Crippen LogP contribution is 2.49. The van der Waals surface area contributed by atoms with E-state index >= 15 is 0 Å². The van der Waals surface area contributed by atoms with Gasteiger partial charge in [0.2, 0.25) is 0 Å². The molecule has 1 aliphatic carbocycles. The van der Waals surface area contributed by atoms with Gasteiger partial charge >= 0.3 is 0 Å². The van der Waals surface area contributed by atoms with Crippen LogP contribution in [0.1, 0.15) is 36.4 Å². The van der Waals surface area contributed by atoms with E-state index < -0.39 is 9.84 Å². The van der Waals surface area contributed by atoms with Crippen LogP contribution in [0.2, 0.25) is 0 Å². The van der Waals surface area contributed by atoms with E-state index in [1.54, 1.807) is 18.2 Å². The smallest absolute Gasteiger partial charge is 0.178 e. The summed E-state index contributed by atoms with van der Waals surface area (Å²) >= 11 is 0. The van der Waals surface area contributed by atoms with E-state index in [2.05, 4.69) is 5.32 Å². The molecule has 0 bridgehead atoms. The Morgan fingerprint density at radius 3 is 2.54 bits per heavy atom. The van der Waals surface area contributed by atoms with E-state index in [9.17, 15) is 12.8 Å². The first-order valence-corrected chi connectivity index (χ1v) is 9.97. The van der Waals surface area contributed by atoms with E-state index in [1.807, 2.05) is 24.3 Å². The fraction of sp³-hybridized carbons (Fsp3) is 0.368. The van der Waals surface area contributed by atoms with Crippen LogP contribution in [0.25, 0.3) is 0 Å². The minimum absolute atomic E-state index is 0.00831. The van der Waals surface area contributed by atoms with Gasteiger partial charge in [-0.15, -0.1) is 0 Å². The summed E-state index contributed by atoms with van der Waals surface area (Å²) in [5.41, 5.74) is 1.47. The molecule has 3 nitrogen and oxygen atoms in total. The van der Waals surface area contributed by atoms with Gasteiger partial charge < -0.3 is 5.32 Å². The lowest BCUT2D eigenvalue weighted by Crippen LogP contribution is -2.35. The van der Waals surface area contributed by atoms with Crippen LogP contribution >= 0.6 is 0 Å². The lowest BCUT2D eigenvalue weighted by atomic mass is 9.94. The van der Waals surface area contributed by atoms with E-state index in [-0.39, 0.29) is 23.0 Å². The number of benzene rings is 2. The normalized spacial score (nSPS) is 23.5. The molecule has 1 unspecified atom stereocenters. The molecule has 1 heterocycles. The van der Waals surface area contributed by atoms with Crippen LogP contribution in [0.3, 0.4) is 0 Å². The fourth-order valence-electron chi connectivity index (χ4n) is 3.70. The molecule has 0 saturated heterocycles. The number of fused-ring (bicyclic) bond motifs is 1. The Hall–Kier alpha value is -1.72. The number of sulfone groups is 1. The quantitative estimate of drug-likeness (QED) is 0.924. The number of halogens is 1. The van der Waals surface area contributed by atoms with Crippen molar-refractivity contribution < 1.29 is 12.8 Å². The van der Waals surface area contributed by atoms with E-state index in [1.165, 1.54) is 6.07 Å². The van der Waals surface area contributed by atoms with Gasteiger partial charge in [0.05, 0.1) is 10.6 Å². The SMILES string of the molecule is O=S1(=O)CCC(NCC2(c3ccccc3F)CC2)c2ccccc21. The molecule has 126 valence electrons. The molecule has 0 aromatic heterocycles. The molecule has 1 saturated carbocycles. The van der Waals surface area contributed by atoms with Crippen molar-refractivity contribution in [3.05, 3.63) is 65.5 Å². The average molecular weight is 345 g/mol. The van der Waals surface area contributed by atoms with Crippen molar-refractivity contribution >= 4 is 9.84 Å². The topological polar surface area (TPSA) is 46.2 Å². The van der Waals surface area contributed by atoms with Gasteiger partial charge in [0.15, 0.2) is 9.84 Å². The predicted octanol–water partition coefficient (Wildman–Crippen LogP) is 3.37. The number of hydrogen-bond donors (Lipinski definition) is 1. The van der Waals surface area contributed by atoms with Crippen molar-refractivity contribution in [1.29, 1.82) is 0 Å². The standard InChI is InChI=1S/C19H20FNO2S/c20-16-7-3-2-6-15(16)19(10-11-19)13-21-17-9-12-24(22,23)18-8-4-1-5-14(17)18/h1-8,17,21H,9-13H2. The van der Waals surface area contributed by atoms with Crippen molar-refractivity contribution in [1.82, 2.24) is 5.32 Å². The Bertz CT molecular complexity index is 874. The molecule has 2 aromatic rings. The van der Waals surface area contributed by atoms with Gasteiger partial charge in [0, 0.05) is 18.0 Å². The molecule has 5 heteroatoms. The van der Waals surface area contributed by atoms with Crippen LogP contribution in [0.15, 0.2) is 53.4 Å². The maximum absolute atomic E-state index is 14.1. The molecule has 0 spiro atoms. The lowest BCUT2D eigenvalue weighted by molar-refractivity contribution is 0.450. The Balaban J connectivity index is 1.56. The van der Waals surface area contributed by atoms with Gasteiger partial charge in [-0.3, -0.25) is 0 Å². The summed E-state index contributed by atoms with van der Waals surface area (Å²) in [5, 5.41) is 3.51. The van der Waals surface area contributed by atoms with Gasteiger partial charge in [-0.05, 0) is 42.5 Å². The van der Waals surface area contributed by atoms with Gasteiger partial charge in [0.25, 0.3) is 0 Å². The summed E-state index contributed by atoms with van der Waals surface area (Å²) in [7, 11) is -3.17. The maximum atomic E-state index is 14.1. The van der Waals surface area contributed by atoms with Crippen molar-refractivity contribution in [2.75, 3.05) is 12.3 Å². The zero-order valence-electron chi connectivity index (χ0n) is 13.3. The molecule has 4 rings (SSSR count). The highest BCUT2D eigenvalue weighted by Gasteiger charge is 2.46. The summed E-state index contributed by atoms with van der Waals surface area (Å²) in [6.45, 7) is 0.674. The summed E-state index contributed by atoms with van der Waals surface area (Å²) in [6.07, 6.45) is 2.49. The van der Waals surface area contributed by atoms with Crippen LogP contribution in [-0.4, -0.2) is 20.7 Å². The Labute approximate surface area is 141 Å². The summed E-state index contributed by atoms with van der Waals surface area (Å²) < 4.78 is 38.6. The molecule has 24 heavy (non-hydrogen) atoms. The molecule has 0 radical (unpaired) electrons. The minimum Gasteiger partial charge on any atom is -0.309 e. The zero-order valence-corrected chi connectivity index (χ0v) is 14.2. The molecule has 2 aromatic carbocycles. The van der Waals surface area contributed by atoms with E-state index in [0.717, 1.165) is 24.0 Å². The van der Waals surface area contributed by atoms with E-state index in [4.69, 9.17) is 0 Å². The second-order valence-electron chi connectivity index (χ2n) is 6.84. The lowest BCUT2D eigenvalue weighted by Gasteiger charge is -2.28. The van der Waals surface area contributed by atoms with Gasteiger partial charge in [-0.25, -0.2) is 12.8 Å². The summed E-state index contributed by atoms with van der Waals surface area (Å²) in [4.78, 5) is 0.435. The number of rotatable bonds is 4. The summed E-state index contributed by atoms with van der Waals surface area (Å²) in [6, 6.07) is 14.2. The maximum Gasteiger partial charge on any atom is 0.178 e. The third kappa shape index (κ3) is 2.66. The minimum atomic E-state index is -3.17. The monoisotopic (exact) mass is 345 g/mol. The second kappa shape index (κ2) is 5.67. The third-order valence-electron chi connectivity index (χ3n) is 5.29. The van der Waals surface area contributed by atoms with Crippen molar-refractivity contribution in [3.8, 4) is 0 Å². The van der Waals surface area contributed by atoms with Gasteiger partial charge in [0.1, 0.15) is 5.82 Å². The summed E-state index contributed by atoms with van der Waals surface area (Å²) in [5.74, 6) is 0.0115. The molecule has 1 fully saturated rings. The first kappa shape index (κ1) is 15.8. The zero-order chi connectivity index (χ0) is 16.8. The Kier molecular flexibility index (Phi) is 3.73. The molecule has 2 aliphatic rings. The second-order valence-corrected chi connectivity index (χ2v) is 8.92. The van der Waals surface area contributed by atoms with Gasteiger partial charge in [-0.2, -0.15) is 0 Å². The third-order valence-corrected chi connectivity index (χ3v) is 7.11. The molecule has 0 amide bonds. The number of nitrogens with one attached hydrogen (secondary N) is 1. The molecule has 1 aliphatic heterocycles. The largest absolute Gasteiger partial charge is 0.309 e. The molecule has 1 N–H and O–H groups in total. The van der Waals surface area contributed by atoms with E-state index in [0.29, 0.717) is 17.9 Å². The fourth-order valence-corrected chi connectivity index (χ4v) is 5.33. The first-order valence-electron chi connectivity index (χ1n) is 8.32. The van der Waals surface area contributed by atoms with Crippen molar-refractivity contribution in [3.63, 3.8) is 0 Å². The molecule has 1 atom stereocenters. The highest BCUT2D eigenvalue weighted by atomic mass is 32.2. The predicted molar refractivity (Wildman–Crippen MR) is 91.2 cm³/mol. The van der Waals surface area contributed by atoms with Crippen LogP contribution in [0, 0.1) is 5.82 Å². The van der Waals surface area contributed by atoms with Crippen LogP contribution in [0.5, 0.6) is 0 Å². The van der Waals surface area contributed by atoms with Crippen molar-refractivity contribution in [2.24, 2.45) is 0 Å². The Morgan fingerprint density at radius 2 is 1.79 bits per heavy atom. The van der Waals surface area contributed by atoms with Crippen molar-refractivity contribution in [2.45, 2.75) is 35.6 Å².